The van der Waals surface area contributed by atoms with Gasteiger partial charge in [-0.1, -0.05) is 18.2 Å². The van der Waals surface area contributed by atoms with E-state index in [-0.39, 0.29) is 5.82 Å². The van der Waals surface area contributed by atoms with Gasteiger partial charge in [-0.05, 0) is 12.1 Å². The number of halogens is 1. The molecule has 17 heavy (non-hydrogen) atoms. The van der Waals surface area contributed by atoms with Crippen LogP contribution >= 0.6 is 11.3 Å². The molecule has 0 aliphatic heterocycles. The van der Waals surface area contributed by atoms with Crippen molar-refractivity contribution in [2.24, 2.45) is 0 Å². The molecule has 0 atom stereocenters. The Bertz CT molecular complexity index is 665. The zero-order chi connectivity index (χ0) is 11.7. The number of aromatic nitrogens is 1. The van der Waals surface area contributed by atoms with Crippen molar-refractivity contribution in [1.82, 2.24) is 4.98 Å². The van der Waals surface area contributed by atoms with Crippen LogP contribution in [0.5, 0.6) is 10.9 Å². The lowest BCUT2D eigenvalue weighted by atomic mass is 10.2. The lowest BCUT2D eigenvalue weighted by molar-refractivity contribution is 0.475. The second kappa shape index (κ2) is 4.14. The van der Waals surface area contributed by atoms with E-state index in [0.717, 1.165) is 10.9 Å². The average molecular weight is 245 g/mol. The maximum absolute atomic E-state index is 12.8. The van der Waals surface area contributed by atoms with Crippen molar-refractivity contribution in [3.8, 4) is 10.9 Å². The van der Waals surface area contributed by atoms with E-state index in [4.69, 9.17) is 4.74 Å². The highest BCUT2D eigenvalue weighted by molar-refractivity contribution is 7.11. The molecule has 0 fully saturated rings. The van der Waals surface area contributed by atoms with E-state index in [1.807, 2.05) is 30.3 Å². The molecule has 0 aliphatic carbocycles. The lowest BCUT2D eigenvalue weighted by Crippen LogP contribution is -1.86. The summed E-state index contributed by atoms with van der Waals surface area (Å²) < 4.78 is 18.3. The Kier molecular flexibility index (Phi) is 2.49. The van der Waals surface area contributed by atoms with Crippen LogP contribution in [0.3, 0.4) is 0 Å². The van der Waals surface area contributed by atoms with Gasteiger partial charge in [-0.3, -0.25) is 0 Å². The first-order valence-electron chi connectivity index (χ1n) is 5.09. The van der Waals surface area contributed by atoms with Gasteiger partial charge in [0.2, 0.25) is 5.88 Å². The van der Waals surface area contributed by atoms with Crippen LogP contribution in [0, 0.1) is 5.82 Å². The van der Waals surface area contributed by atoms with Crippen LogP contribution in [-0.4, -0.2) is 4.98 Å². The third kappa shape index (κ3) is 2.12. The van der Waals surface area contributed by atoms with Crippen molar-refractivity contribution >= 4 is 22.2 Å². The van der Waals surface area contributed by atoms with Crippen molar-refractivity contribution in [3.05, 3.63) is 53.7 Å². The number of hydrogen-bond acceptors (Lipinski definition) is 3. The zero-order valence-electron chi connectivity index (χ0n) is 8.76. The molecule has 0 amide bonds. The van der Waals surface area contributed by atoms with Gasteiger partial charge < -0.3 is 4.74 Å². The molecule has 0 N–H and O–H groups in total. The van der Waals surface area contributed by atoms with E-state index < -0.39 is 0 Å². The van der Waals surface area contributed by atoms with Crippen LogP contribution in [0.4, 0.5) is 4.39 Å². The molecule has 2 aromatic heterocycles. The van der Waals surface area contributed by atoms with Crippen molar-refractivity contribution in [2.45, 2.75) is 0 Å². The average Bonchev–Trinajstić information content (AvgIpc) is 2.75. The summed E-state index contributed by atoms with van der Waals surface area (Å²) in [6.45, 7) is 0. The molecular weight excluding hydrogens is 237 g/mol. The molecule has 1 aromatic carbocycles. The molecule has 4 heteroatoms. The summed E-state index contributed by atoms with van der Waals surface area (Å²) in [6.07, 6.45) is 0. The molecule has 2 heterocycles. The minimum Gasteiger partial charge on any atom is -0.428 e. The summed E-state index contributed by atoms with van der Waals surface area (Å²) in [5.41, 5.74) is 0.863. The second-order valence-corrected chi connectivity index (χ2v) is 4.40. The van der Waals surface area contributed by atoms with Crippen molar-refractivity contribution in [3.63, 3.8) is 0 Å². The fraction of sp³-hybridized carbons (Fsp3) is 0. The Labute approximate surface area is 101 Å². The molecule has 2 nitrogen and oxygen atoms in total. The molecule has 0 radical (unpaired) electrons. The van der Waals surface area contributed by atoms with Gasteiger partial charge in [0.15, 0.2) is 5.06 Å². The highest BCUT2D eigenvalue weighted by Crippen LogP contribution is 2.27. The molecule has 84 valence electrons. The summed E-state index contributed by atoms with van der Waals surface area (Å²) in [6, 6.07) is 12.8. The summed E-state index contributed by atoms with van der Waals surface area (Å²) >= 11 is 1.21. The quantitative estimate of drug-likeness (QED) is 0.674. The number of hydrogen-bond donors (Lipinski definition) is 0. The van der Waals surface area contributed by atoms with E-state index in [9.17, 15) is 4.39 Å². The molecular formula is C13H8FNOS. The van der Waals surface area contributed by atoms with Gasteiger partial charge in [-0.2, -0.15) is 0 Å². The van der Waals surface area contributed by atoms with E-state index in [1.165, 1.54) is 22.8 Å². The number of rotatable bonds is 2. The van der Waals surface area contributed by atoms with Gasteiger partial charge in [-0.25, -0.2) is 9.37 Å². The van der Waals surface area contributed by atoms with Gasteiger partial charge in [0, 0.05) is 22.9 Å². The first-order chi connectivity index (χ1) is 8.31. The molecule has 0 bridgehead atoms. The van der Waals surface area contributed by atoms with E-state index in [1.54, 1.807) is 6.07 Å². The zero-order valence-corrected chi connectivity index (χ0v) is 9.58. The SMILES string of the molecule is Fc1csc(Oc2ccc3ccccc3n2)c1. The van der Waals surface area contributed by atoms with Crippen molar-refractivity contribution in [1.29, 1.82) is 0 Å². The minimum absolute atomic E-state index is 0.286. The van der Waals surface area contributed by atoms with Gasteiger partial charge >= 0.3 is 0 Å². The minimum atomic E-state index is -0.286. The predicted molar refractivity (Wildman–Crippen MR) is 66.1 cm³/mol. The Morgan fingerprint density at radius 3 is 2.82 bits per heavy atom. The molecule has 3 aromatic rings. The normalized spacial score (nSPS) is 10.6. The first-order valence-corrected chi connectivity index (χ1v) is 5.97. The molecule has 3 rings (SSSR count). The Morgan fingerprint density at radius 1 is 1.12 bits per heavy atom. The van der Waals surface area contributed by atoms with Crippen LogP contribution in [-0.2, 0) is 0 Å². The maximum Gasteiger partial charge on any atom is 0.221 e. The monoisotopic (exact) mass is 245 g/mol. The van der Waals surface area contributed by atoms with Crippen LogP contribution in [0.15, 0.2) is 47.8 Å². The standard InChI is InChI=1S/C13H8FNOS/c14-10-7-13(17-8-10)16-12-6-5-9-3-1-2-4-11(9)15-12/h1-8H. The third-order valence-corrected chi connectivity index (χ3v) is 3.10. The Morgan fingerprint density at radius 2 is 2.00 bits per heavy atom. The maximum atomic E-state index is 12.8. The number of benzene rings is 1. The number of ether oxygens (including phenoxy) is 1. The summed E-state index contributed by atoms with van der Waals surface area (Å²) in [5.74, 6) is 0.191. The molecule has 0 aliphatic rings. The van der Waals surface area contributed by atoms with E-state index in [0.29, 0.717) is 10.9 Å². The largest absolute Gasteiger partial charge is 0.428 e. The second-order valence-electron chi connectivity index (χ2n) is 3.53. The summed E-state index contributed by atoms with van der Waals surface area (Å²) in [7, 11) is 0. The lowest BCUT2D eigenvalue weighted by Gasteiger charge is -2.02. The Balaban J connectivity index is 1.95. The van der Waals surface area contributed by atoms with Gasteiger partial charge in [0.1, 0.15) is 5.82 Å². The number of fused-ring (bicyclic) bond motifs is 1. The molecule has 0 spiro atoms. The number of pyridine rings is 1. The number of nitrogens with zero attached hydrogens (tertiary/aromatic N) is 1. The van der Waals surface area contributed by atoms with Gasteiger partial charge in [0.05, 0.1) is 5.52 Å². The van der Waals surface area contributed by atoms with Crippen LogP contribution in [0.1, 0.15) is 0 Å². The Hall–Kier alpha value is -1.94. The fourth-order valence-electron chi connectivity index (χ4n) is 1.56. The van der Waals surface area contributed by atoms with Gasteiger partial charge in [0.25, 0.3) is 0 Å². The van der Waals surface area contributed by atoms with E-state index in [2.05, 4.69) is 4.98 Å². The van der Waals surface area contributed by atoms with Crippen LogP contribution < -0.4 is 4.74 Å². The summed E-state index contributed by atoms with van der Waals surface area (Å²) in [4.78, 5) is 4.34. The highest BCUT2D eigenvalue weighted by atomic mass is 32.1. The molecule has 0 saturated carbocycles. The van der Waals surface area contributed by atoms with Gasteiger partial charge in [-0.15, -0.1) is 11.3 Å². The molecule has 0 saturated heterocycles. The number of para-hydroxylation sites is 1. The molecule has 0 unspecified atom stereocenters. The van der Waals surface area contributed by atoms with Crippen LogP contribution in [0.25, 0.3) is 10.9 Å². The highest BCUT2D eigenvalue weighted by Gasteiger charge is 2.03. The smallest absolute Gasteiger partial charge is 0.221 e. The number of thiophene rings is 1. The van der Waals surface area contributed by atoms with Crippen molar-refractivity contribution < 1.29 is 9.13 Å². The van der Waals surface area contributed by atoms with E-state index >= 15 is 0 Å². The first kappa shape index (κ1) is 10.2. The van der Waals surface area contributed by atoms with Crippen LogP contribution in [0.2, 0.25) is 0 Å². The third-order valence-electron chi connectivity index (χ3n) is 2.32. The van der Waals surface area contributed by atoms with Crippen molar-refractivity contribution in [2.75, 3.05) is 0 Å². The topological polar surface area (TPSA) is 22.1 Å². The predicted octanol–water partition coefficient (Wildman–Crippen LogP) is 4.23. The summed E-state index contributed by atoms with van der Waals surface area (Å²) in [5, 5.41) is 2.96. The fourth-order valence-corrected chi connectivity index (χ4v) is 2.17.